The van der Waals surface area contributed by atoms with Crippen molar-refractivity contribution in [3.8, 4) is 33.4 Å². The molecule has 1 aromatic heterocycles. The van der Waals surface area contributed by atoms with E-state index in [2.05, 4.69) is 350 Å². The van der Waals surface area contributed by atoms with Gasteiger partial charge < -0.3 is 14.7 Å². The Morgan fingerprint density at radius 3 is 0.799 bits per heavy atom. The first-order valence-corrected chi connectivity index (χ1v) is 53.4. The molecular weight excluding hydrogens is 1640 g/mol. The molecule has 12 fully saturated rings. The van der Waals surface area contributed by atoms with E-state index in [9.17, 15) is 0 Å². The smallest absolute Gasteiger partial charge is 0.0726 e. The first-order chi connectivity index (χ1) is 66.0. The number of hydrogen-bond acceptors (Lipinski definition) is 4. The van der Waals surface area contributed by atoms with Gasteiger partial charge >= 0.3 is 0 Å². The minimum absolute atomic E-state index is 0.0277. The Hall–Kier alpha value is -11.3. The van der Waals surface area contributed by atoms with Crippen molar-refractivity contribution >= 4 is 82.7 Å². The van der Waals surface area contributed by atoms with E-state index in [1.807, 2.05) is 11.3 Å². The van der Waals surface area contributed by atoms with Gasteiger partial charge in [0.2, 0.25) is 0 Å². The van der Waals surface area contributed by atoms with Crippen LogP contribution in [0.25, 0.3) is 53.6 Å². The number of rotatable bonds is 15. The van der Waals surface area contributed by atoms with E-state index in [1.54, 1.807) is 33.4 Å². The third-order valence-electron chi connectivity index (χ3n) is 38.6. The fourth-order valence-electron chi connectivity index (χ4n) is 32.4. The van der Waals surface area contributed by atoms with Gasteiger partial charge in [-0.1, -0.05) is 259 Å². The van der Waals surface area contributed by atoms with E-state index >= 15 is 0 Å². The second kappa shape index (κ2) is 32.2. The molecule has 12 bridgehead atoms. The molecule has 4 heteroatoms. The van der Waals surface area contributed by atoms with Gasteiger partial charge in [-0.25, -0.2) is 0 Å². The van der Waals surface area contributed by atoms with E-state index in [0.717, 1.165) is 107 Å². The highest BCUT2D eigenvalue weighted by Gasteiger charge is 2.53. The molecule has 15 aromatic rings. The molecule has 12 saturated carbocycles. The van der Waals surface area contributed by atoms with Crippen LogP contribution in [-0.2, 0) is 10.8 Å². The third-order valence-corrected chi connectivity index (χ3v) is 39.7. The van der Waals surface area contributed by atoms with E-state index < -0.39 is 0 Å². The molecule has 3 nitrogen and oxygen atoms in total. The number of anilines is 9. The van der Waals surface area contributed by atoms with Crippen molar-refractivity contribution in [1.29, 1.82) is 0 Å². The lowest BCUT2D eigenvalue weighted by molar-refractivity contribution is 0.420. The van der Waals surface area contributed by atoms with Crippen molar-refractivity contribution in [2.24, 2.45) is 71.0 Å². The predicted molar refractivity (Wildman–Crippen MR) is 559 cm³/mol. The SMILES string of the molecule is CC1(C)c2ccccc2-c2cc(N(c3ccc(C4CC5CCC4C5)cc3)c3ccc(C4CC5CCC4C5)cc3)ccc21.c1ccc2c(c1)-c1ccccc1C21c2ccccc2-c2ccc(N(c3ccc(C4CC5CCC4C5)cc3)c3ccc(C4CC5CCC4C5)cc3)cc21.c1ccc2c(c1)sc1cc(N(c3ccc(C4CC5CCC4C5)cc3)c3ccc(C4CC5CCC4C5)cc3)ccc12. The van der Waals surface area contributed by atoms with Crippen molar-refractivity contribution in [2.75, 3.05) is 14.7 Å². The number of fused-ring (bicyclic) bond motifs is 28. The molecule has 0 N–H and O–H groups in total. The van der Waals surface area contributed by atoms with Crippen molar-refractivity contribution in [3.63, 3.8) is 0 Å². The van der Waals surface area contributed by atoms with E-state index in [0.29, 0.717) is 0 Å². The summed E-state index contributed by atoms with van der Waals surface area (Å²) in [5.41, 5.74) is 36.9. The summed E-state index contributed by atoms with van der Waals surface area (Å²) in [4.78, 5) is 7.53. The van der Waals surface area contributed by atoms with Gasteiger partial charge in [0.05, 0.1) is 5.41 Å². The monoisotopic (exact) mass is 1760 g/mol. The summed E-state index contributed by atoms with van der Waals surface area (Å²) in [5, 5.41) is 2.73. The average Bonchev–Trinajstić information content (AvgIpc) is 1.50. The average molecular weight is 1760 g/mol. The molecule has 0 amide bonds. The van der Waals surface area contributed by atoms with Gasteiger partial charge in [0.25, 0.3) is 0 Å². The molecule has 1 spiro atoms. The van der Waals surface area contributed by atoms with Crippen LogP contribution >= 0.6 is 11.3 Å². The van der Waals surface area contributed by atoms with Crippen molar-refractivity contribution < 1.29 is 0 Å². The molecule has 1 heterocycles. The molecule has 666 valence electrons. The molecule has 14 aromatic carbocycles. The second-order valence-electron chi connectivity index (χ2n) is 45.5. The standard InChI is InChI=1S/C51H45N.C41H43N.C38H37NS/c1-4-10-47-41(7-1)42-8-2-5-11-48(42)51(47)49-12-6-3-9-43(49)44-26-25-40(31-50(44)51)52(38-21-17-34(18-22-38)45-29-32-13-15-36(45)27-32)39-23-19-35(20-24-39)46-30-33-14-16-37(46)28-33;1-41(2)39-6-4-3-5-35(39)38-25-34(19-20-40(38)41)42(32-15-11-28(12-16-32)36-23-26-7-9-30(36)21-26)33-17-13-29(14-18-33)37-24-27-8-10-31(37)22-27;1-2-4-37-33(3-1)34-18-17-32(23-38(34)40-37)39(30-13-9-26(10-14-30)35-21-24-5-7-28(35)19-24)31-15-11-27(12-16-31)36-22-25-6-8-29(36)20-25/h1-12,17-26,31-33,36-37,45-46H,13-16,27-30H2;3-6,11-20,25-27,30-31,36-37H,7-10,21-24H2,1-2H3;1-4,9-18,23-25,28-29,35-36H,5-8,19-22H2. The summed E-state index contributed by atoms with van der Waals surface area (Å²) < 4.78 is 2.73. The van der Waals surface area contributed by atoms with Gasteiger partial charge in [-0.15, -0.1) is 11.3 Å². The highest BCUT2D eigenvalue weighted by Crippen LogP contribution is 2.66. The van der Waals surface area contributed by atoms with Crippen molar-refractivity contribution in [3.05, 3.63) is 388 Å². The van der Waals surface area contributed by atoms with Crippen LogP contribution in [0.15, 0.2) is 322 Å². The zero-order chi connectivity index (χ0) is 88.2. The molecular formula is C130H125N3S. The molecule has 18 unspecified atom stereocenters. The Balaban J connectivity index is 0.000000101. The zero-order valence-electron chi connectivity index (χ0n) is 78.2. The van der Waals surface area contributed by atoms with Crippen LogP contribution in [0.4, 0.5) is 51.2 Å². The molecule has 15 aliphatic rings. The first kappa shape index (κ1) is 81.1. The molecule has 0 aliphatic heterocycles. The largest absolute Gasteiger partial charge is 0.310 e. The Kier molecular flexibility index (Phi) is 19.5. The predicted octanol–water partition coefficient (Wildman–Crippen LogP) is 35.9. The Labute approximate surface area is 798 Å². The number of benzene rings is 14. The zero-order valence-corrected chi connectivity index (χ0v) is 79.0. The number of nitrogens with zero attached hydrogens (tertiary/aromatic N) is 3. The molecule has 30 rings (SSSR count). The minimum atomic E-state index is -0.349. The first-order valence-electron chi connectivity index (χ1n) is 52.6. The van der Waals surface area contributed by atoms with Crippen LogP contribution in [0.5, 0.6) is 0 Å². The lowest BCUT2D eigenvalue weighted by Crippen LogP contribution is -2.26. The van der Waals surface area contributed by atoms with Crippen molar-refractivity contribution in [2.45, 2.75) is 214 Å². The summed E-state index contributed by atoms with van der Waals surface area (Å²) in [5.74, 6) is 15.8. The molecule has 0 saturated heterocycles. The van der Waals surface area contributed by atoms with Gasteiger partial charge in [-0.3, -0.25) is 0 Å². The van der Waals surface area contributed by atoms with Gasteiger partial charge in [-0.2, -0.15) is 0 Å². The Bertz CT molecular complexity index is 6750. The lowest BCUT2D eigenvalue weighted by atomic mass is 9.70. The van der Waals surface area contributed by atoms with E-state index in [4.69, 9.17) is 0 Å². The van der Waals surface area contributed by atoms with Crippen LogP contribution in [-0.4, -0.2) is 0 Å². The molecule has 0 radical (unpaired) electrons. The molecule has 15 aliphatic carbocycles. The normalized spacial score (nSPS) is 28.1. The van der Waals surface area contributed by atoms with Gasteiger partial charge in [0.1, 0.15) is 0 Å². The van der Waals surface area contributed by atoms with Gasteiger partial charge in [-0.05, 0) is 438 Å². The molecule has 134 heavy (non-hydrogen) atoms. The third kappa shape index (κ3) is 13.3. The fourth-order valence-corrected chi connectivity index (χ4v) is 33.5. The van der Waals surface area contributed by atoms with Crippen LogP contribution < -0.4 is 14.7 Å². The number of hydrogen-bond donors (Lipinski definition) is 0. The van der Waals surface area contributed by atoms with Gasteiger partial charge in [0, 0.05) is 76.8 Å². The Morgan fingerprint density at radius 2 is 0.463 bits per heavy atom. The fraction of sp³-hybridized carbons (Fsp3) is 0.354. The maximum Gasteiger partial charge on any atom is 0.0726 e. The topological polar surface area (TPSA) is 9.72 Å². The number of thiophene rings is 1. The molecule has 18 atom stereocenters. The summed E-state index contributed by atoms with van der Waals surface area (Å²) in [7, 11) is 0. The van der Waals surface area contributed by atoms with Crippen LogP contribution in [0, 0.1) is 71.0 Å². The summed E-state index contributed by atoms with van der Waals surface area (Å²) >= 11 is 1.91. The van der Waals surface area contributed by atoms with E-state index in [-0.39, 0.29) is 10.8 Å². The maximum atomic E-state index is 2.54. The van der Waals surface area contributed by atoms with Crippen LogP contribution in [0.3, 0.4) is 0 Å². The van der Waals surface area contributed by atoms with Crippen LogP contribution in [0.2, 0.25) is 0 Å². The maximum absolute atomic E-state index is 2.54. The lowest BCUT2D eigenvalue weighted by Gasteiger charge is -2.32. The van der Waals surface area contributed by atoms with Gasteiger partial charge in [0.15, 0.2) is 0 Å². The quantitative estimate of drug-likeness (QED) is 0.101. The highest BCUT2D eigenvalue weighted by atomic mass is 32.1. The van der Waals surface area contributed by atoms with E-state index in [1.165, 1.54) is 292 Å². The van der Waals surface area contributed by atoms with Crippen molar-refractivity contribution in [1.82, 2.24) is 0 Å². The second-order valence-corrected chi connectivity index (χ2v) is 46.6. The summed E-state index contributed by atoms with van der Waals surface area (Å²) in [6.07, 6.45) is 34.4. The summed E-state index contributed by atoms with van der Waals surface area (Å²) in [6.45, 7) is 4.75. The Morgan fingerprint density at radius 1 is 0.201 bits per heavy atom. The minimum Gasteiger partial charge on any atom is -0.310 e. The highest BCUT2D eigenvalue weighted by molar-refractivity contribution is 7.25. The van der Waals surface area contributed by atoms with Crippen LogP contribution in [0.1, 0.15) is 270 Å². The summed E-state index contributed by atoms with van der Waals surface area (Å²) in [6, 6.07) is 125.